The summed E-state index contributed by atoms with van der Waals surface area (Å²) in [6.45, 7) is 11.6. The molecule has 2 rings (SSSR count). The number of hydrogen-bond donors (Lipinski definition) is 2. The maximum atomic E-state index is 7.50. The minimum absolute atomic E-state index is 0.0892. The normalized spacial score (nSPS) is 28.9. The van der Waals surface area contributed by atoms with Gasteiger partial charge in [0.15, 0.2) is 0 Å². The fraction of sp³-hybridized carbons (Fsp3) is 0.929. The lowest BCUT2D eigenvalue weighted by atomic mass is 9.95. The van der Waals surface area contributed by atoms with Crippen LogP contribution < -0.4 is 5.73 Å². The van der Waals surface area contributed by atoms with E-state index >= 15 is 0 Å². The molecule has 0 spiro atoms. The lowest BCUT2D eigenvalue weighted by Gasteiger charge is -2.48. The summed E-state index contributed by atoms with van der Waals surface area (Å²) in [5, 5.41) is 7.50. The number of nitrogens with two attached hydrogens (primary N) is 1. The smallest absolute Gasteiger partial charge is 0.0911 e. The molecule has 1 aliphatic heterocycles. The van der Waals surface area contributed by atoms with Crippen LogP contribution in [0, 0.1) is 10.8 Å². The molecule has 0 amide bonds. The number of amidine groups is 1. The van der Waals surface area contributed by atoms with E-state index in [0.717, 1.165) is 26.1 Å². The summed E-state index contributed by atoms with van der Waals surface area (Å²) in [6.07, 6.45) is 3.18. The standard InChI is InChI=1S/C14H27N3O/c1-12(2)8-17(9-13(3,4)18-12)10-14(5-6-14)7-11(15)16/h5-10H2,1-4H3,(H3,15,16). The average Bonchev–Trinajstić information content (AvgIpc) is 2.75. The van der Waals surface area contributed by atoms with E-state index in [4.69, 9.17) is 15.9 Å². The van der Waals surface area contributed by atoms with Crippen LogP contribution in [0.25, 0.3) is 0 Å². The van der Waals surface area contributed by atoms with Gasteiger partial charge in [-0.05, 0) is 46.0 Å². The van der Waals surface area contributed by atoms with Gasteiger partial charge < -0.3 is 10.5 Å². The van der Waals surface area contributed by atoms with Crippen molar-refractivity contribution < 1.29 is 4.74 Å². The van der Waals surface area contributed by atoms with Gasteiger partial charge in [-0.3, -0.25) is 10.3 Å². The van der Waals surface area contributed by atoms with E-state index in [1.54, 1.807) is 0 Å². The molecule has 4 heteroatoms. The first-order chi connectivity index (χ1) is 8.12. The molecule has 0 unspecified atom stereocenters. The van der Waals surface area contributed by atoms with Gasteiger partial charge in [0.25, 0.3) is 0 Å². The van der Waals surface area contributed by atoms with Gasteiger partial charge in [0.05, 0.1) is 17.0 Å². The molecule has 1 heterocycles. The van der Waals surface area contributed by atoms with Gasteiger partial charge in [0.1, 0.15) is 0 Å². The lowest BCUT2D eigenvalue weighted by molar-refractivity contribution is -0.182. The SMILES string of the molecule is CC1(C)CN(CC2(CC(=N)N)CC2)CC(C)(C)O1. The Morgan fingerprint density at radius 1 is 1.17 bits per heavy atom. The fourth-order valence-electron chi connectivity index (χ4n) is 3.50. The average molecular weight is 253 g/mol. The zero-order chi connectivity index (χ0) is 13.6. The Morgan fingerprint density at radius 2 is 1.67 bits per heavy atom. The molecular formula is C14H27N3O. The number of hydrogen-bond acceptors (Lipinski definition) is 3. The van der Waals surface area contributed by atoms with Gasteiger partial charge in [0.2, 0.25) is 0 Å². The van der Waals surface area contributed by atoms with Crippen LogP contribution in [0.2, 0.25) is 0 Å². The highest BCUT2D eigenvalue weighted by molar-refractivity contribution is 5.78. The molecule has 0 aromatic heterocycles. The van der Waals surface area contributed by atoms with Crippen LogP contribution in [0.15, 0.2) is 0 Å². The fourth-order valence-corrected chi connectivity index (χ4v) is 3.50. The Labute approximate surface area is 110 Å². The predicted molar refractivity (Wildman–Crippen MR) is 73.9 cm³/mol. The molecule has 2 fully saturated rings. The van der Waals surface area contributed by atoms with E-state index in [1.807, 2.05) is 0 Å². The van der Waals surface area contributed by atoms with Crippen molar-refractivity contribution in [2.24, 2.45) is 11.1 Å². The lowest BCUT2D eigenvalue weighted by Crippen LogP contribution is -2.58. The number of nitrogens with zero attached hydrogens (tertiary/aromatic N) is 1. The van der Waals surface area contributed by atoms with Crippen LogP contribution in [-0.2, 0) is 4.74 Å². The summed E-state index contributed by atoms with van der Waals surface area (Å²) in [6, 6.07) is 0. The Hall–Kier alpha value is -0.610. The van der Waals surface area contributed by atoms with Crippen LogP contribution in [0.4, 0.5) is 0 Å². The molecule has 0 atom stereocenters. The molecule has 1 aliphatic carbocycles. The first-order valence-corrected chi connectivity index (χ1v) is 6.87. The molecule has 1 saturated carbocycles. The highest BCUT2D eigenvalue weighted by atomic mass is 16.5. The first kappa shape index (κ1) is 13.8. The molecule has 18 heavy (non-hydrogen) atoms. The monoisotopic (exact) mass is 253 g/mol. The van der Waals surface area contributed by atoms with Crippen molar-refractivity contribution in [1.82, 2.24) is 4.90 Å². The molecule has 1 saturated heterocycles. The molecule has 0 aromatic rings. The van der Waals surface area contributed by atoms with Gasteiger partial charge in [-0.1, -0.05) is 0 Å². The highest BCUT2D eigenvalue weighted by Crippen LogP contribution is 2.50. The third kappa shape index (κ3) is 3.45. The van der Waals surface area contributed by atoms with Crippen LogP contribution in [0.5, 0.6) is 0 Å². The minimum atomic E-state index is -0.0892. The minimum Gasteiger partial charge on any atom is -0.388 e. The van der Waals surface area contributed by atoms with Crippen LogP contribution in [-0.4, -0.2) is 41.6 Å². The number of nitrogens with one attached hydrogen (secondary N) is 1. The van der Waals surface area contributed by atoms with E-state index in [-0.39, 0.29) is 16.6 Å². The molecular weight excluding hydrogens is 226 g/mol. The number of morpholine rings is 1. The summed E-state index contributed by atoms with van der Waals surface area (Å²) in [5.74, 6) is 0.333. The molecule has 0 bridgehead atoms. The van der Waals surface area contributed by atoms with Crippen LogP contribution in [0.3, 0.4) is 0 Å². The van der Waals surface area contributed by atoms with E-state index in [0.29, 0.717) is 5.84 Å². The molecule has 0 radical (unpaired) electrons. The van der Waals surface area contributed by atoms with Gasteiger partial charge in [-0.15, -0.1) is 0 Å². The third-order valence-electron chi connectivity index (χ3n) is 3.84. The van der Waals surface area contributed by atoms with E-state index in [1.165, 1.54) is 12.8 Å². The van der Waals surface area contributed by atoms with Gasteiger partial charge in [-0.25, -0.2) is 0 Å². The van der Waals surface area contributed by atoms with Crippen molar-refractivity contribution in [2.45, 2.75) is 58.2 Å². The summed E-state index contributed by atoms with van der Waals surface area (Å²) < 4.78 is 6.10. The van der Waals surface area contributed by atoms with Gasteiger partial charge in [-0.2, -0.15) is 0 Å². The number of ether oxygens (including phenoxy) is 1. The largest absolute Gasteiger partial charge is 0.388 e. The van der Waals surface area contributed by atoms with Crippen molar-refractivity contribution in [1.29, 1.82) is 5.41 Å². The van der Waals surface area contributed by atoms with Crippen molar-refractivity contribution in [2.75, 3.05) is 19.6 Å². The van der Waals surface area contributed by atoms with E-state index < -0.39 is 0 Å². The van der Waals surface area contributed by atoms with Gasteiger partial charge in [0, 0.05) is 26.1 Å². The van der Waals surface area contributed by atoms with Gasteiger partial charge >= 0.3 is 0 Å². The Morgan fingerprint density at radius 3 is 2.06 bits per heavy atom. The second-order valence-electron chi connectivity index (χ2n) is 7.47. The Balaban J connectivity index is 1.99. The molecule has 104 valence electrons. The summed E-state index contributed by atoms with van der Waals surface area (Å²) >= 11 is 0. The number of rotatable bonds is 4. The third-order valence-corrected chi connectivity index (χ3v) is 3.84. The second kappa shape index (κ2) is 4.20. The summed E-state index contributed by atoms with van der Waals surface area (Å²) in [4.78, 5) is 2.50. The summed E-state index contributed by atoms with van der Waals surface area (Å²) in [7, 11) is 0. The highest BCUT2D eigenvalue weighted by Gasteiger charge is 2.47. The quantitative estimate of drug-likeness (QED) is 0.595. The van der Waals surface area contributed by atoms with Crippen molar-refractivity contribution in [3.05, 3.63) is 0 Å². The Bertz CT molecular complexity index is 329. The topological polar surface area (TPSA) is 62.3 Å². The Kier molecular flexibility index (Phi) is 3.23. The molecule has 4 nitrogen and oxygen atoms in total. The van der Waals surface area contributed by atoms with Crippen molar-refractivity contribution in [3.8, 4) is 0 Å². The van der Waals surface area contributed by atoms with Crippen molar-refractivity contribution >= 4 is 5.84 Å². The predicted octanol–water partition coefficient (Wildman–Crippen LogP) is 1.98. The molecule has 3 N–H and O–H groups in total. The van der Waals surface area contributed by atoms with E-state index in [9.17, 15) is 0 Å². The van der Waals surface area contributed by atoms with E-state index in [2.05, 4.69) is 32.6 Å². The second-order valence-corrected chi connectivity index (χ2v) is 7.47. The maximum Gasteiger partial charge on any atom is 0.0911 e. The maximum absolute atomic E-state index is 7.50. The first-order valence-electron chi connectivity index (χ1n) is 6.87. The van der Waals surface area contributed by atoms with Crippen LogP contribution >= 0.6 is 0 Å². The van der Waals surface area contributed by atoms with Crippen LogP contribution in [0.1, 0.15) is 47.0 Å². The zero-order valence-corrected chi connectivity index (χ0v) is 12.2. The summed E-state index contributed by atoms with van der Waals surface area (Å²) in [5.41, 5.74) is 5.68. The molecule has 0 aromatic carbocycles. The molecule has 2 aliphatic rings. The zero-order valence-electron chi connectivity index (χ0n) is 12.2. The van der Waals surface area contributed by atoms with Crippen molar-refractivity contribution in [3.63, 3.8) is 0 Å².